The molecule has 142 valence electrons. The molecule has 3 fully saturated rings. The van der Waals surface area contributed by atoms with E-state index in [2.05, 4.69) is 10.6 Å². The van der Waals surface area contributed by atoms with E-state index < -0.39 is 6.17 Å². The highest BCUT2D eigenvalue weighted by molar-refractivity contribution is 5.81. The lowest BCUT2D eigenvalue weighted by Crippen LogP contribution is -2.52. The Morgan fingerprint density at radius 3 is 2.76 bits per heavy atom. The van der Waals surface area contributed by atoms with Crippen molar-refractivity contribution >= 4 is 11.8 Å². The van der Waals surface area contributed by atoms with Crippen molar-refractivity contribution in [3.8, 4) is 0 Å². The fourth-order valence-corrected chi connectivity index (χ4v) is 4.71. The van der Waals surface area contributed by atoms with Crippen LogP contribution in [0.2, 0.25) is 0 Å². The van der Waals surface area contributed by atoms with Crippen LogP contribution in [0, 0.1) is 17.8 Å². The van der Waals surface area contributed by atoms with E-state index in [4.69, 9.17) is 0 Å². The van der Waals surface area contributed by atoms with Gasteiger partial charge < -0.3 is 15.5 Å². The van der Waals surface area contributed by atoms with Crippen molar-refractivity contribution < 1.29 is 14.0 Å². The third kappa shape index (κ3) is 4.93. The average molecular weight is 353 g/mol. The maximum atomic E-state index is 13.4. The number of nitrogens with zero attached hydrogens (tertiary/aromatic N) is 1. The predicted molar refractivity (Wildman–Crippen MR) is 94.7 cm³/mol. The van der Waals surface area contributed by atoms with Gasteiger partial charge in [-0.2, -0.15) is 0 Å². The molecule has 5 nitrogen and oxygen atoms in total. The number of hydrogen-bond donors (Lipinski definition) is 2. The van der Waals surface area contributed by atoms with E-state index in [-0.39, 0.29) is 17.9 Å². The van der Waals surface area contributed by atoms with E-state index in [0.717, 1.165) is 45.2 Å². The van der Waals surface area contributed by atoms with Crippen LogP contribution in [0.4, 0.5) is 4.39 Å². The van der Waals surface area contributed by atoms with Crippen molar-refractivity contribution in [2.24, 2.45) is 17.8 Å². The summed E-state index contributed by atoms with van der Waals surface area (Å²) >= 11 is 0. The van der Waals surface area contributed by atoms with E-state index in [9.17, 15) is 14.0 Å². The van der Waals surface area contributed by atoms with Crippen LogP contribution in [0.1, 0.15) is 51.4 Å². The number of nitrogens with one attached hydrogen (secondary N) is 2. The van der Waals surface area contributed by atoms with Gasteiger partial charge in [0.2, 0.25) is 11.8 Å². The summed E-state index contributed by atoms with van der Waals surface area (Å²) in [4.78, 5) is 25.8. The molecule has 2 amide bonds. The average Bonchev–Trinajstić information content (AvgIpc) is 2.62. The molecule has 5 unspecified atom stereocenters. The molecule has 2 aliphatic heterocycles. The van der Waals surface area contributed by atoms with Gasteiger partial charge >= 0.3 is 0 Å². The van der Waals surface area contributed by atoms with Gasteiger partial charge in [-0.05, 0) is 62.8 Å². The lowest BCUT2D eigenvalue weighted by Gasteiger charge is -2.38. The first-order valence-electron chi connectivity index (χ1n) is 9.92. The lowest BCUT2D eigenvalue weighted by molar-refractivity contribution is -0.134. The molecule has 6 heteroatoms. The summed E-state index contributed by atoms with van der Waals surface area (Å²) in [6.07, 6.45) is 6.04. The first-order valence-corrected chi connectivity index (χ1v) is 9.92. The summed E-state index contributed by atoms with van der Waals surface area (Å²) in [5.41, 5.74) is 0. The first-order chi connectivity index (χ1) is 12.0. The zero-order valence-corrected chi connectivity index (χ0v) is 15.3. The van der Waals surface area contributed by atoms with E-state index in [1.54, 1.807) is 0 Å². The smallest absolute Gasteiger partial charge is 0.237 e. The van der Waals surface area contributed by atoms with E-state index >= 15 is 0 Å². The molecule has 0 aromatic carbocycles. The molecule has 0 bridgehead atoms. The standard InChI is InChI=1S/C19H32FN3O2/c1-23-12-15(6-8-18(23)24)14-5-7-17(21-11-14)19(25)22-10-13-3-2-4-16(20)9-13/h13-17,21H,2-12H2,1H3,(H,22,25). The highest BCUT2D eigenvalue weighted by atomic mass is 19.1. The van der Waals surface area contributed by atoms with Crippen molar-refractivity contribution in [3.05, 3.63) is 0 Å². The summed E-state index contributed by atoms with van der Waals surface area (Å²) in [5, 5.41) is 6.43. The number of likely N-dealkylation sites (tertiary alicyclic amines) is 1. The minimum atomic E-state index is -0.690. The van der Waals surface area contributed by atoms with Gasteiger partial charge in [0.1, 0.15) is 6.17 Å². The van der Waals surface area contributed by atoms with Gasteiger partial charge in [-0.25, -0.2) is 4.39 Å². The molecule has 3 rings (SSSR count). The minimum Gasteiger partial charge on any atom is -0.354 e. The summed E-state index contributed by atoms with van der Waals surface area (Å²) in [6.45, 7) is 2.30. The Kier molecular flexibility index (Phi) is 6.31. The van der Waals surface area contributed by atoms with E-state index in [0.29, 0.717) is 43.6 Å². The van der Waals surface area contributed by atoms with Crippen LogP contribution in [0.15, 0.2) is 0 Å². The molecule has 2 N–H and O–H groups in total. The van der Waals surface area contributed by atoms with E-state index in [1.807, 2.05) is 11.9 Å². The first kappa shape index (κ1) is 18.6. The molecule has 0 radical (unpaired) electrons. The summed E-state index contributed by atoms with van der Waals surface area (Å²) in [5.74, 6) is 1.69. The molecule has 0 spiro atoms. The molecule has 5 atom stereocenters. The zero-order chi connectivity index (χ0) is 17.8. The Balaban J connectivity index is 1.38. The second kappa shape index (κ2) is 8.47. The van der Waals surface area contributed by atoms with Crippen LogP contribution in [0.5, 0.6) is 0 Å². The van der Waals surface area contributed by atoms with Crippen LogP contribution in [-0.2, 0) is 9.59 Å². The Labute approximate surface area is 150 Å². The molecule has 0 aromatic heterocycles. The van der Waals surface area contributed by atoms with Gasteiger partial charge in [-0.1, -0.05) is 6.42 Å². The maximum Gasteiger partial charge on any atom is 0.237 e. The molecule has 0 aromatic rings. The van der Waals surface area contributed by atoms with Gasteiger partial charge in [0.15, 0.2) is 0 Å². The van der Waals surface area contributed by atoms with Crippen molar-refractivity contribution in [1.29, 1.82) is 0 Å². The third-order valence-corrected chi connectivity index (χ3v) is 6.38. The second-order valence-corrected chi connectivity index (χ2v) is 8.25. The topological polar surface area (TPSA) is 61.4 Å². The number of amides is 2. The van der Waals surface area contributed by atoms with Gasteiger partial charge in [-0.15, -0.1) is 0 Å². The zero-order valence-electron chi connectivity index (χ0n) is 15.3. The number of piperidine rings is 2. The Hall–Kier alpha value is -1.17. The highest BCUT2D eigenvalue weighted by Gasteiger charge is 2.34. The van der Waals surface area contributed by atoms with Crippen molar-refractivity contribution in [2.45, 2.75) is 63.6 Å². The molecular formula is C19H32FN3O2. The summed E-state index contributed by atoms with van der Waals surface area (Å²) < 4.78 is 13.4. The fourth-order valence-electron chi connectivity index (χ4n) is 4.71. The second-order valence-electron chi connectivity index (χ2n) is 8.25. The molecule has 3 aliphatic rings. The number of rotatable bonds is 4. The molecule has 1 saturated carbocycles. The maximum absolute atomic E-state index is 13.4. The monoisotopic (exact) mass is 353 g/mol. The Bertz CT molecular complexity index is 479. The minimum absolute atomic E-state index is 0.0652. The molecule has 25 heavy (non-hydrogen) atoms. The Morgan fingerprint density at radius 1 is 1.24 bits per heavy atom. The van der Waals surface area contributed by atoms with Crippen LogP contribution in [0.3, 0.4) is 0 Å². The normalized spacial score (nSPS) is 37.0. The van der Waals surface area contributed by atoms with Gasteiger partial charge in [-0.3, -0.25) is 9.59 Å². The van der Waals surface area contributed by atoms with Crippen molar-refractivity contribution in [2.75, 3.05) is 26.7 Å². The van der Waals surface area contributed by atoms with E-state index in [1.165, 1.54) is 0 Å². The number of carbonyl (C=O) groups is 2. The predicted octanol–water partition coefficient (Wildman–Crippen LogP) is 1.87. The third-order valence-electron chi connectivity index (χ3n) is 6.38. The van der Waals surface area contributed by atoms with Crippen LogP contribution in [0.25, 0.3) is 0 Å². The van der Waals surface area contributed by atoms with Crippen LogP contribution in [-0.4, -0.2) is 55.6 Å². The highest BCUT2D eigenvalue weighted by Crippen LogP contribution is 2.30. The molecular weight excluding hydrogens is 321 g/mol. The quantitative estimate of drug-likeness (QED) is 0.811. The molecule has 2 saturated heterocycles. The van der Waals surface area contributed by atoms with Crippen molar-refractivity contribution in [3.63, 3.8) is 0 Å². The largest absolute Gasteiger partial charge is 0.354 e. The van der Waals surface area contributed by atoms with Crippen LogP contribution >= 0.6 is 0 Å². The SMILES string of the molecule is CN1CC(C2CCC(C(=O)NCC3CCCC(F)C3)NC2)CCC1=O. The number of hydrogen-bond acceptors (Lipinski definition) is 3. The number of carbonyl (C=O) groups excluding carboxylic acids is 2. The Morgan fingerprint density at radius 2 is 2.08 bits per heavy atom. The van der Waals surface area contributed by atoms with Crippen molar-refractivity contribution in [1.82, 2.24) is 15.5 Å². The summed E-state index contributed by atoms with van der Waals surface area (Å²) in [6, 6.07) is -0.121. The fraction of sp³-hybridized carbons (Fsp3) is 0.895. The molecule has 1 aliphatic carbocycles. The number of alkyl halides is 1. The summed E-state index contributed by atoms with van der Waals surface area (Å²) in [7, 11) is 1.88. The van der Waals surface area contributed by atoms with Gasteiger partial charge in [0.05, 0.1) is 6.04 Å². The number of halogens is 1. The van der Waals surface area contributed by atoms with Gasteiger partial charge in [0, 0.05) is 26.6 Å². The lowest BCUT2D eigenvalue weighted by atomic mass is 9.79. The molecule has 2 heterocycles. The van der Waals surface area contributed by atoms with Gasteiger partial charge in [0.25, 0.3) is 0 Å². The van der Waals surface area contributed by atoms with Crippen LogP contribution < -0.4 is 10.6 Å².